The van der Waals surface area contributed by atoms with E-state index in [0.29, 0.717) is 17.7 Å². The van der Waals surface area contributed by atoms with Gasteiger partial charge < -0.3 is 14.7 Å². The zero-order chi connectivity index (χ0) is 22.5. The summed E-state index contributed by atoms with van der Waals surface area (Å²) in [7, 11) is 0. The van der Waals surface area contributed by atoms with Crippen LogP contribution in [0.1, 0.15) is 54.7 Å². The van der Waals surface area contributed by atoms with Crippen molar-refractivity contribution >= 4 is 17.7 Å². The minimum absolute atomic E-state index is 0.0905. The summed E-state index contributed by atoms with van der Waals surface area (Å²) in [5.41, 5.74) is 1.90. The first-order valence-electron chi connectivity index (χ1n) is 10.3. The molecule has 0 spiro atoms. The van der Waals surface area contributed by atoms with Gasteiger partial charge in [-0.2, -0.15) is 0 Å². The third-order valence-corrected chi connectivity index (χ3v) is 5.07. The van der Waals surface area contributed by atoms with Gasteiger partial charge >= 0.3 is 5.97 Å². The number of aliphatic hydroxyl groups is 1. The van der Waals surface area contributed by atoms with E-state index in [9.17, 15) is 19.5 Å². The minimum Gasteiger partial charge on any atom is -0.503 e. The molecule has 1 N–H and O–H groups in total. The molecule has 3 rings (SSSR count). The van der Waals surface area contributed by atoms with Crippen LogP contribution in [-0.2, 0) is 20.9 Å². The van der Waals surface area contributed by atoms with Crippen LogP contribution >= 0.6 is 0 Å². The van der Waals surface area contributed by atoms with Crippen molar-refractivity contribution in [2.75, 3.05) is 6.61 Å². The lowest BCUT2D eigenvalue weighted by Gasteiger charge is -2.27. The third-order valence-electron chi connectivity index (χ3n) is 5.07. The summed E-state index contributed by atoms with van der Waals surface area (Å²) in [5, 5.41) is 10.5. The number of amides is 1. The normalized spacial score (nSPS) is 16.2. The fraction of sp³-hybridized carbons (Fsp3) is 0.333. The first kappa shape index (κ1) is 22.2. The van der Waals surface area contributed by atoms with E-state index in [1.165, 1.54) is 4.90 Å². The lowest BCUT2D eigenvalue weighted by atomic mass is 9.92. The summed E-state index contributed by atoms with van der Waals surface area (Å²) >= 11 is 0. The second-order valence-electron chi connectivity index (χ2n) is 7.74. The third kappa shape index (κ3) is 4.66. The van der Waals surface area contributed by atoms with Crippen molar-refractivity contribution in [2.45, 2.75) is 39.8 Å². The van der Waals surface area contributed by atoms with Crippen molar-refractivity contribution in [1.29, 1.82) is 0 Å². The molecule has 2 heterocycles. The highest BCUT2D eigenvalue weighted by Gasteiger charge is 2.43. The van der Waals surface area contributed by atoms with E-state index in [-0.39, 0.29) is 23.8 Å². The molecule has 1 aliphatic rings. The Morgan fingerprint density at radius 2 is 1.90 bits per heavy atom. The van der Waals surface area contributed by atoms with Crippen molar-refractivity contribution in [3.8, 4) is 0 Å². The Hall–Kier alpha value is -3.48. The number of esters is 1. The van der Waals surface area contributed by atoms with Crippen LogP contribution < -0.4 is 0 Å². The van der Waals surface area contributed by atoms with Gasteiger partial charge in [-0.3, -0.25) is 14.6 Å². The number of hydrogen-bond acceptors (Lipinski definition) is 6. The Morgan fingerprint density at radius 1 is 1.19 bits per heavy atom. The largest absolute Gasteiger partial charge is 0.503 e. The second-order valence-corrected chi connectivity index (χ2v) is 7.74. The highest BCUT2D eigenvalue weighted by molar-refractivity contribution is 6.09. The van der Waals surface area contributed by atoms with Crippen LogP contribution in [0.15, 0.2) is 60.1 Å². The number of hydrogen-bond donors (Lipinski definition) is 1. The number of Topliss-reactive ketones (excluding diaryl/α,β-unsaturated/α-hetero) is 1. The number of carbonyl (C=O) groups is 3. The van der Waals surface area contributed by atoms with Crippen LogP contribution in [0, 0.1) is 5.92 Å². The second kappa shape index (κ2) is 9.55. The lowest BCUT2D eigenvalue weighted by Crippen LogP contribution is -2.31. The summed E-state index contributed by atoms with van der Waals surface area (Å²) in [4.78, 5) is 43.3. The van der Waals surface area contributed by atoms with Gasteiger partial charge in [0.15, 0.2) is 11.5 Å². The highest BCUT2D eigenvalue weighted by atomic mass is 16.5. The van der Waals surface area contributed by atoms with E-state index in [4.69, 9.17) is 4.74 Å². The van der Waals surface area contributed by atoms with Crippen molar-refractivity contribution in [3.05, 3.63) is 76.8 Å². The van der Waals surface area contributed by atoms with E-state index in [1.807, 2.05) is 6.92 Å². The molecule has 1 aromatic heterocycles. The van der Waals surface area contributed by atoms with Gasteiger partial charge in [0.2, 0.25) is 0 Å². The molecule has 0 radical (unpaired) electrons. The molecule has 2 aromatic rings. The van der Waals surface area contributed by atoms with E-state index in [0.717, 1.165) is 12.0 Å². The summed E-state index contributed by atoms with van der Waals surface area (Å²) in [6.07, 6.45) is 3.93. The summed E-state index contributed by atoms with van der Waals surface area (Å²) in [6, 6.07) is 9.51. The molecule has 1 unspecified atom stereocenters. The van der Waals surface area contributed by atoms with E-state index < -0.39 is 23.7 Å². The molecule has 31 heavy (non-hydrogen) atoms. The van der Waals surface area contributed by atoms with E-state index in [1.54, 1.807) is 62.6 Å². The maximum atomic E-state index is 12.9. The molecule has 1 aromatic carbocycles. The molecule has 0 saturated heterocycles. The maximum absolute atomic E-state index is 12.9. The average Bonchev–Trinajstić information content (AvgIpc) is 3.02. The molecule has 0 saturated carbocycles. The molecule has 1 amide bonds. The Bertz CT molecular complexity index is 996. The van der Waals surface area contributed by atoms with Crippen LogP contribution in [0.5, 0.6) is 0 Å². The topological polar surface area (TPSA) is 96.8 Å². The van der Waals surface area contributed by atoms with Crippen LogP contribution in [-0.4, -0.2) is 39.3 Å². The number of ether oxygens (including phenoxy) is 1. The van der Waals surface area contributed by atoms with Gasteiger partial charge in [-0.15, -0.1) is 0 Å². The molecule has 1 atom stereocenters. The Kier molecular flexibility index (Phi) is 6.84. The summed E-state index contributed by atoms with van der Waals surface area (Å²) in [5.74, 6) is -2.19. The molecule has 7 nitrogen and oxygen atoms in total. The molecular weight excluding hydrogens is 396 g/mol. The van der Waals surface area contributed by atoms with Crippen molar-refractivity contribution in [3.63, 3.8) is 0 Å². The number of aromatic nitrogens is 1. The summed E-state index contributed by atoms with van der Waals surface area (Å²) in [6.45, 7) is 5.89. The molecule has 0 bridgehead atoms. The Labute approximate surface area is 181 Å². The SMILES string of the molecule is CCCOC(=O)c1ccc(CN2C(=O)C(O)=C(C(=O)C(C)C)C2c2cccnc2)cc1. The first-order valence-corrected chi connectivity index (χ1v) is 10.3. The zero-order valence-electron chi connectivity index (χ0n) is 17.9. The zero-order valence-corrected chi connectivity index (χ0v) is 17.9. The molecule has 162 valence electrons. The van der Waals surface area contributed by atoms with Gasteiger partial charge in [0.05, 0.1) is 23.8 Å². The maximum Gasteiger partial charge on any atom is 0.338 e. The number of carbonyl (C=O) groups excluding carboxylic acids is 3. The molecule has 1 aliphatic heterocycles. The number of ketones is 1. The predicted octanol–water partition coefficient (Wildman–Crippen LogP) is 3.77. The van der Waals surface area contributed by atoms with Gasteiger partial charge in [-0.1, -0.05) is 39.0 Å². The molecular formula is C24H26N2O5. The van der Waals surface area contributed by atoms with Gasteiger partial charge in [0.1, 0.15) is 0 Å². The standard InChI is InChI=1S/C24H26N2O5/c1-4-12-31-24(30)17-9-7-16(8-10-17)14-26-20(18-6-5-11-25-13-18)19(21(27)15(2)3)22(28)23(26)29/h5-11,13,15,20,28H,4,12,14H2,1-3H3. The monoisotopic (exact) mass is 422 g/mol. The minimum atomic E-state index is -0.731. The van der Waals surface area contributed by atoms with Gasteiger partial charge in [0, 0.05) is 24.9 Å². The van der Waals surface area contributed by atoms with Crippen molar-refractivity contribution in [1.82, 2.24) is 9.88 Å². The quantitative estimate of drug-likeness (QED) is 0.651. The fourth-order valence-electron chi connectivity index (χ4n) is 3.48. The first-order chi connectivity index (χ1) is 14.8. The van der Waals surface area contributed by atoms with E-state index in [2.05, 4.69) is 4.98 Å². The van der Waals surface area contributed by atoms with Gasteiger partial charge in [0.25, 0.3) is 5.91 Å². The number of benzene rings is 1. The number of aliphatic hydroxyl groups excluding tert-OH is 1. The average molecular weight is 422 g/mol. The molecule has 0 fully saturated rings. The van der Waals surface area contributed by atoms with Crippen LogP contribution in [0.25, 0.3) is 0 Å². The van der Waals surface area contributed by atoms with E-state index >= 15 is 0 Å². The predicted molar refractivity (Wildman–Crippen MR) is 114 cm³/mol. The molecule has 7 heteroatoms. The molecule has 0 aliphatic carbocycles. The van der Waals surface area contributed by atoms with Gasteiger partial charge in [-0.05, 0) is 35.7 Å². The number of nitrogens with zero attached hydrogens (tertiary/aromatic N) is 2. The smallest absolute Gasteiger partial charge is 0.338 e. The highest BCUT2D eigenvalue weighted by Crippen LogP contribution is 2.39. The fourth-order valence-corrected chi connectivity index (χ4v) is 3.48. The van der Waals surface area contributed by atoms with Gasteiger partial charge in [-0.25, -0.2) is 4.79 Å². The lowest BCUT2D eigenvalue weighted by molar-refractivity contribution is -0.130. The van der Waals surface area contributed by atoms with Crippen LogP contribution in [0.2, 0.25) is 0 Å². The number of rotatable bonds is 8. The van der Waals surface area contributed by atoms with Crippen molar-refractivity contribution < 1.29 is 24.2 Å². The Morgan fingerprint density at radius 3 is 2.48 bits per heavy atom. The number of pyridine rings is 1. The van der Waals surface area contributed by atoms with Crippen LogP contribution in [0.3, 0.4) is 0 Å². The van der Waals surface area contributed by atoms with Crippen molar-refractivity contribution in [2.24, 2.45) is 5.92 Å². The van der Waals surface area contributed by atoms with Crippen LogP contribution in [0.4, 0.5) is 0 Å². The summed E-state index contributed by atoms with van der Waals surface area (Å²) < 4.78 is 5.13. The Balaban J connectivity index is 1.90.